The Balaban J connectivity index is 2.57. The quantitative estimate of drug-likeness (QED) is 0.425. The zero-order chi connectivity index (χ0) is 8.27. The van der Waals surface area contributed by atoms with Gasteiger partial charge in [-0.2, -0.15) is 0 Å². The van der Waals surface area contributed by atoms with E-state index in [1.165, 1.54) is 7.11 Å². The molecule has 0 heterocycles. The van der Waals surface area contributed by atoms with Crippen LogP contribution in [0.4, 0.5) is 0 Å². The van der Waals surface area contributed by atoms with Gasteiger partial charge in [-0.05, 0) is 18.8 Å². The van der Waals surface area contributed by atoms with Crippen molar-refractivity contribution in [2.24, 2.45) is 11.8 Å². The molecule has 2 atom stereocenters. The van der Waals surface area contributed by atoms with Gasteiger partial charge in [-0.1, -0.05) is 19.1 Å². The molecule has 0 aromatic rings. The van der Waals surface area contributed by atoms with Crippen LogP contribution in [0.3, 0.4) is 0 Å². The van der Waals surface area contributed by atoms with E-state index in [2.05, 4.69) is 23.8 Å². The fourth-order valence-corrected chi connectivity index (χ4v) is 1.47. The average Bonchev–Trinajstić information content (AvgIpc) is 2.04. The van der Waals surface area contributed by atoms with Crippen molar-refractivity contribution in [3.05, 3.63) is 12.2 Å². The van der Waals surface area contributed by atoms with Crippen LogP contribution in [-0.4, -0.2) is 13.1 Å². The predicted molar refractivity (Wildman–Crippen MR) is 43.0 cm³/mol. The van der Waals surface area contributed by atoms with E-state index in [0.717, 1.165) is 12.8 Å². The Morgan fingerprint density at radius 3 is 2.91 bits per heavy atom. The number of allylic oxidation sites excluding steroid dienone is 2. The van der Waals surface area contributed by atoms with E-state index >= 15 is 0 Å². The molecule has 2 nitrogen and oxygen atoms in total. The van der Waals surface area contributed by atoms with Gasteiger partial charge in [-0.3, -0.25) is 4.79 Å². The standard InChI is InChI=1S/C9H14O2/c1-7-5-3-4-6-8(7)9(10)11-2/h3,5,7-8H,4,6H2,1-2H3/t7-,8-/m0/s1. The third-order valence-corrected chi connectivity index (χ3v) is 2.22. The monoisotopic (exact) mass is 154 g/mol. The minimum absolute atomic E-state index is 0.0677. The molecule has 0 aromatic carbocycles. The molecule has 0 aromatic heterocycles. The molecule has 0 aliphatic heterocycles. The minimum atomic E-state index is -0.0677. The summed E-state index contributed by atoms with van der Waals surface area (Å²) in [6, 6.07) is 0. The lowest BCUT2D eigenvalue weighted by atomic mass is 9.85. The van der Waals surface area contributed by atoms with Crippen LogP contribution in [0.25, 0.3) is 0 Å². The van der Waals surface area contributed by atoms with E-state index in [4.69, 9.17) is 0 Å². The van der Waals surface area contributed by atoms with Crippen molar-refractivity contribution in [1.29, 1.82) is 0 Å². The predicted octanol–water partition coefficient (Wildman–Crippen LogP) is 1.76. The van der Waals surface area contributed by atoms with E-state index < -0.39 is 0 Å². The minimum Gasteiger partial charge on any atom is -0.469 e. The van der Waals surface area contributed by atoms with Crippen molar-refractivity contribution >= 4 is 5.97 Å². The number of rotatable bonds is 1. The molecule has 0 saturated carbocycles. The van der Waals surface area contributed by atoms with Crippen LogP contribution >= 0.6 is 0 Å². The third kappa shape index (κ3) is 1.82. The highest BCUT2D eigenvalue weighted by atomic mass is 16.5. The summed E-state index contributed by atoms with van der Waals surface area (Å²) in [5.41, 5.74) is 0. The van der Waals surface area contributed by atoms with Gasteiger partial charge in [0.25, 0.3) is 0 Å². The van der Waals surface area contributed by atoms with Crippen LogP contribution in [0, 0.1) is 11.8 Å². The zero-order valence-corrected chi connectivity index (χ0v) is 7.04. The van der Waals surface area contributed by atoms with Crippen LogP contribution in [0.5, 0.6) is 0 Å². The van der Waals surface area contributed by atoms with Crippen LogP contribution < -0.4 is 0 Å². The summed E-state index contributed by atoms with van der Waals surface area (Å²) in [5.74, 6) is 0.364. The average molecular weight is 154 g/mol. The Bertz CT molecular complexity index is 172. The molecule has 2 heteroatoms. The molecular formula is C9H14O2. The first-order valence-corrected chi connectivity index (χ1v) is 4.00. The maximum absolute atomic E-state index is 11.1. The van der Waals surface area contributed by atoms with Gasteiger partial charge in [0.2, 0.25) is 0 Å². The summed E-state index contributed by atoms with van der Waals surface area (Å²) in [7, 11) is 1.45. The maximum atomic E-state index is 11.1. The zero-order valence-electron chi connectivity index (χ0n) is 7.04. The topological polar surface area (TPSA) is 26.3 Å². The second-order valence-corrected chi connectivity index (χ2v) is 2.99. The molecule has 0 saturated heterocycles. The summed E-state index contributed by atoms with van der Waals surface area (Å²) in [4.78, 5) is 11.1. The fourth-order valence-electron chi connectivity index (χ4n) is 1.47. The first-order chi connectivity index (χ1) is 5.25. The SMILES string of the molecule is COC(=O)[C@H]1CCC=C[C@@H]1C. The Hall–Kier alpha value is -0.790. The Morgan fingerprint density at radius 2 is 2.36 bits per heavy atom. The number of esters is 1. The molecule has 0 N–H and O–H groups in total. The number of hydrogen-bond donors (Lipinski definition) is 0. The van der Waals surface area contributed by atoms with Crippen LogP contribution in [-0.2, 0) is 9.53 Å². The van der Waals surface area contributed by atoms with Gasteiger partial charge in [0.05, 0.1) is 13.0 Å². The molecule has 0 amide bonds. The molecule has 1 aliphatic rings. The molecular weight excluding hydrogens is 140 g/mol. The summed E-state index contributed by atoms with van der Waals surface area (Å²) >= 11 is 0. The Kier molecular flexibility index (Phi) is 2.69. The van der Waals surface area contributed by atoms with Crippen molar-refractivity contribution in [2.45, 2.75) is 19.8 Å². The Labute approximate surface area is 67.2 Å². The first-order valence-electron chi connectivity index (χ1n) is 4.00. The van der Waals surface area contributed by atoms with Crippen LogP contribution in [0.2, 0.25) is 0 Å². The third-order valence-electron chi connectivity index (χ3n) is 2.22. The van der Waals surface area contributed by atoms with E-state index in [0.29, 0.717) is 5.92 Å². The number of ether oxygens (including phenoxy) is 1. The van der Waals surface area contributed by atoms with Gasteiger partial charge in [-0.15, -0.1) is 0 Å². The van der Waals surface area contributed by atoms with Gasteiger partial charge in [0, 0.05) is 0 Å². The lowest BCUT2D eigenvalue weighted by Crippen LogP contribution is -2.23. The summed E-state index contributed by atoms with van der Waals surface area (Å²) in [6.45, 7) is 2.05. The van der Waals surface area contributed by atoms with Gasteiger partial charge < -0.3 is 4.74 Å². The van der Waals surface area contributed by atoms with Crippen molar-refractivity contribution in [1.82, 2.24) is 0 Å². The molecule has 11 heavy (non-hydrogen) atoms. The lowest BCUT2D eigenvalue weighted by Gasteiger charge is -2.21. The summed E-state index contributed by atoms with van der Waals surface area (Å²) in [5, 5.41) is 0. The first kappa shape index (κ1) is 8.31. The lowest BCUT2D eigenvalue weighted by molar-refractivity contribution is -0.147. The Morgan fingerprint density at radius 1 is 1.64 bits per heavy atom. The molecule has 0 bridgehead atoms. The van der Waals surface area contributed by atoms with Crippen LogP contribution in [0.1, 0.15) is 19.8 Å². The van der Waals surface area contributed by atoms with Crippen molar-refractivity contribution in [3.63, 3.8) is 0 Å². The normalized spacial score (nSPS) is 30.0. The highest BCUT2D eigenvalue weighted by Gasteiger charge is 2.25. The molecule has 0 unspecified atom stereocenters. The molecule has 1 rings (SSSR count). The molecule has 0 spiro atoms. The number of methoxy groups -OCH3 is 1. The van der Waals surface area contributed by atoms with E-state index in [-0.39, 0.29) is 11.9 Å². The van der Waals surface area contributed by atoms with E-state index in [1.807, 2.05) is 0 Å². The van der Waals surface area contributed by atoms with Crippen molar-refractivity contribution < 1.29 is 9.53 Å². The molecule has 62 valence electrons. The van der Waals surface area contributed by atoms with Crippen molar-refractivity contribution in [3.8, 4) is 0 Å². The summed E-state index contributed by atoms with van der Waals surface area (Å²) < 4.78 is 4.69. The van der Waals surface area contributed by atoms with E-state index in [9.17, 15) is 4.79 Å². The molecule has 1 aliphatic carbocycles. The van der Waals surface area contributed by atoms with Gasteiger partial charge in [0.1, 0.15) is 0 Å². The highest BCUT2D eigenvalue weighted by molar-refractivity contribution is 5.73. The van der Waals surface area contributed by atoms with Gasteiger partial charge >= 0.3 is 5.97 Å². The number of hydrogen-bond acceptors (Lipinski definition) is 2. The highest BCUT2D eigenvalue weighted by Crippen LogP contribution is 2.24. The largest absolute Gasteiger partial charge is 0.469 e. The summed E-state index contributed by atoms with van der Waals surface area (Å²) in [6.07, 6.45) is 6.16. The molecule has 0 fully saturated rings. The number of carbonyl (C=O) groups is 1. The van der Waals surface area contributed by atoms with Gasteiger partial charge in [-0.25, -0.2) is 0 Å². The second kappa shape index (κ2) is 3.56. The van der Waals surface area contributed by atoms with Gasteiger partial charge in [0.15, 0.2) is 0 Å². The molecule has 0 radical (unpaired) electrons. The smallest absolute Gasteiger partial charge is 0.309 e. The fraction of sp³-hybridized carbons (Fsp3) is 0.667. The van der Waals surface area contributed by atoms with Crippen molar-refractivity contribution in [2.75, 3.05) is 7.11 Å². The van der Waals surface area contributed by atoms with E-state index in [1.54, 1.807) is 0 Å². The second-order valence-electron chi connectivity index (χ2n) is 2.99. The number of carbonyl (C=O) groups excluding carboxylic acids is 1. The van der Waals surface area contributed by atoms with Crippen LogP contribution in [0.15, 0.2) is 12.2 Å². The maximum Gasteiger partial charge on any atom is 0.309 e.